The Bertz CT molecular complexity index is 951. The van der Waals surface area contributed by atoms with Crippen LogP contribution in [0.5, 0.6) is 0 Å². The van der Waals surface area contributed by atoms with Gasteiger partial charge in [0.2, 0.25) is 11.8 Å². The number of unbranched alkanes of at least 4 members (excludes halogenated alkanes) is 2. The molecule has 0 spiro atoms. The first kappa shape index (κ1) is 18.8. The molecule has 3 rings (SSSR count). The van der Waals surface area contributed by atoms with E-state index < -0.39 is 0 Å². The van der Waals surface area contributed by atoms with Gasteiger partial charge < -0.3 is 10.3 Å². The number of rotatable bonds is 8. The van der Waals surface area contributed by atoms with E-state index in [2.05, 4.69) is 22.4 Å². The molecule has 0 bridgehead atoms. The molecule has 4 N–H and O–H groups in total. The smallest absolute Gasteiger partial charge is 0.243 e. The zero-order valence-corrected chi connectivity index (χ0v) is 15.3. The van der Waals surface area contributed by atoms with E-state index in [0.717, 1.165) is 46.9 Å². The molecule has 1 heterocycles. The van der Waals surface area contributed by atoms with Gasteiger partial charge in [-0.15, -0.1) is 0 Å². The average molecular weight is 368 g/mol. The maximum atomic E-state index is 11.6. The van der Waals surface area contributed by atoms with Crippen molar-refractivity contribution in [1.29, 1.82) is 0 Å². The molecule has 0 radical (unpaired) electrons. The molecule has 7 heteroatoms. The van der Waals surface area contributed by atoms with Gasteiger partial charge in [-0.2, -0.15) is 0 Å². The van der Waals surface area contributed by atoms with E-state index in [1.165, 1.54) is 6.92 Å². The number of benzene rings is 2. The third-order valence-corrected chi connectivity index (χ3v) is 4.62. The maximum absolute atomic E-state index is 11.6. The SMILES string of the molecule is CC(=O)NC(CCCCCC(=O)NO)c1nc2c(ccc3ccccc32)[nH]1. The van der Waals surface area contributed by atoms with Crippen LogP contribution in [-0.4, -0.2) is 27.0 Å². The Kier molecular flexibility index (Phi) is 6.03. The van der Waals surface area contributed by atoms with Gasteiger partial charge in [0, 0.05) is 18.7 Å². The standard InChI is InChI=1S/C20H24N4O3/c1-13(25)21-17(9-3-2-4-10-18(26)24-27)20-22-16-12-11-14-7-5-6-8-15(14)19(16)23-20/h5-8,11-12,17,27H,2-4,9-10H2,1H3,(H,21,25)(H,22,23)(H,24,26). The zero-order chi connectivity index (χ0) is 19.2. The van der Waals surface area contributed by atoms with Crippen LogP contribution in [0.4, 0.5) is 0 Å². The summed E-state index contributed by atoms with van der Waals surface area (Å²) < 4.78 is 0. The minimum absolute atomic E-state index is 0.107. The summed E-state index contributed by atoms with van der Waals surface area (Å²) in [5.74, 6) is 0.257. The summed E-state index contributed by atoms with van der Waals surface area (Å²) in [6.45, 7) is 1.50. The van der Waals surface area contributed by atoms with Crippen molar-refractivity contribution in [1.82, 2.24) is 20.8 Å². The number of hydrogen-bond donors (Lipinski definition) is 4. The zero-order valence-electron chi connectivity index (χ0n) is 15.3. The second-order valence-corrected chi connectivity index (χ2v) is 6.69. The van der Waals surface area contributed by atoms with E-state index in [-0.39, 0.29) is 24.3 Å². The molecule has 1 aromatic heterocycles. The van der Waals surface area contributed by atoms with Crippen LogP contribution in [0.3, 0.4) is 0 Å². The van der Waals surface area contributed by atoms with E-state index in [9.17, 15) is 9.59 Å². The number of aromatic nitrogens is 2. The number of nitrogens with zero attached hydrogens (tertiary/aromatic N) is 1. The predicted octanol–water partition coefficient (Wildman–Crippen LogP) is 3.35. The number of aromatic amines is 1. The van der Waals surface area contributed by atoms with Crippen molar-refractivity contribution < 1.29 is 14.8 Å². The first-order valence-electron chi connectivity index (χ1n) is 9.16. The Morgan fingerprint density at radius 2 is 1.96 bits per heavy atom. The number of hydroxylamine groups is 1. The van der Waals surface area contributed by atoms with Crippen LogP contribution in [0.15, 0.2) is 36.4 Å². The van der Waals surface area contributed by atoms with Gasteiger partial charge in [-0.25, -0.2) is 10.5 Å². The van der Waals surface area contributed by atoms with Gasteiger partial charge in [0.25, 0.3) is 0 Å². The highest BCUT2D eigenvalue weighted by molar-refractivity contribution is 6.04. The molecule has 142 valence electrons. The Labute approximate surface area is 157 Å². The molecule has 1 unspecified atom stereocenters. The summed E-state index contributed by atoms with van der Waals surface area (Å²) in [6.07, 6.45) is 3.36. The Hall–Kier alpha value is -2.93. The summed E-state index contributed by atoms with van der Waals surface area (Å²) >= 11 is 0. The van der Waals surface area contributed by atoms with Gasteiger partial charge in [0.1, 0.15) is 5.82 Å². The Morgan fingerprint density at radius 1 is 1.15 bits per heavy atom. The summed E-state index contributed by atoms with van der Waals surface area (Å²) in [6, 6.07) is 11.9. The lowest BCUT2D eigenvalue weighted by Gasteiger charge is -2.15. The number of imidazole rings is 1. The van der Waals surface area contributed by atoms with Gasteiger partial charge in [0.15, 0.2) is 0 Å². The first-order chi connectivity index (χ1) is 13.1. The van der Waals surface area contributed by atoms with Crippen molar-refractivity contribution in [2.24, 2.45) is 0 Å². The summed E-state index contributed by atoms with van der Waals surface area (Å²) in [5.41, 5.74) is 3.48. The first-order valence-corrected chi connectivity index (χ1v) is 9.16. The highest BCUT2D eigenvalue weighted by atomic mass is 16.5. The summed E-state index contributed by atoms with van der Waals surface area (Å²) in [4.78, 5) is 30.8. The molecule has 7 nitrogen and oxygen atoms in total. The number of H-pyrrole nitrogens is 1. The van der Waals surface area contributed by atoms with E-state index in [0.29, 0.717) is 6.42 Å². The van der Waals surface area contributed by atoms with Crippen molar-refractivity contribution in [2.75, 3.05) is 0 Å². The predicted molar refractivity (Wildman–Crippen MR) is 103 cm³/mol. The minimum atomic E-state index is -0.377. The quantitative estimate of drug-likeness (QED) is 0.278. The second-order valence-electron chi connectivity index (χ2n) is 6.69. The average Bonchev–Trinajstić information content (AvgIpc) is 3.11. The van der Waals surface area contributed by atoms with Crippen LogP contribution in [0.2, 0.25) is 0 Å². The van der Waals surface area contributed by atoms with Crippen molar-refractivity contribution in [3.8, 4) is 0 Å². The molecule has 0 saturated heterocycles. The molecule has 3 aromatic rings. The van der Waals surface area contributed by atoms with Crippen molar-refractivity contribution in [2.45, 2.75) is 45.1 Å². The van der Waals surface area contributed by atoms with Gasteiger partial charge in [-0.1, -0.05) is 43.2 Å². The van der Waals surface area contributed by atoms with E-state index in [1.807, 2.05) is 24.3 Å². The van der Waals surface area contributed by atoms with Crippen molar-refractivity contribution >= 4 is 33.6 Å². The van der Waals surface area contributed by atoms with Gasteiger partial charge in [-0.05, 0) is 24.3 Å². The van der Waals surface area contributed by atoms with Gasteiger partial charge in [0.05, 0.1) is 17.1 Å². The highest BCUT2D eigenvalue weighted by Crippen LogP contribution is 2.26. The number of amides is 2. The van der Waals surface area contributed by atoms with Crippen LogP contribution >= 0.6 is 0 Å². The number of nitrogens with one attached hydrogen (secondary N) is 3. The third kappa shape index (κ3) is 4.62. The number of carbonyl (C=O) groups excluding carboxylic acids is 2. The van der Waals surface area contributed by atoms with E-state index >= 15 is 0 Å². The lowest BCUT2D eigenvalue weighted by atomic mass is 10.1. The van der Waals surface area contributed by atoms with Crippen LogP contribution in [0.25, 0.3) is 21.8 Å². The molecule has 0 aliphatic carbocycles. The lowest BCUT2D eigenvalue weighted by molar-refractivity contribution is -0.129. The van der Waals surface area contributed by atoms with E-state index in [1.54, 1.807) is 5.48 Å². The van der Waals surface area contributed by atoms with Gasteiger partial charge >= 0.3 is 0 Å². The third-order valence-electron chi connectivity index (χ3n) is 4.62. The van der Waals surface area contributed by atoms with Crippen LogP contribution in [0.1, 0.15) is 50.9 Å². The Balaban J connectivity index is 1.75. The molecular weight excluding hydrogens is 344 g/mol. The van der Waals surface area contributed by atoms with Crippen molar-refractivity contribution in [3.05, 3.63) is 42.2 Å². The summed E-state index contributed by atoms with van der Waals surface area (Å²) in [5, 5.41) is 13.7. The number of hydrogen-bond acceptors (Lipinski definition) is 4. The van der Waals surface area contributed by atoms with Gasteiger partial charge in [-0.3, -0.25) is 14.8 Å². The molecule has 0 aliphatic rings. The molecule has 27 heavy (non-hydrogen) atoms. The van der Waals surface area contributed by atoms with Crippen LogP contribution < -0.4 is 10.8 Å². The molecule has 2 amide bonds. The molecule has 0 saturated carbocycles. The molecule has 2 aromatic carbocycles. The molecule has 0 aliphatic heterocycles. The van der Waals surface area contributed by atoms with Crippen molar-refractivity contribution in [3.63, 3.8) is 0 Å². The lowest BCUT2D eigenvalue weighted by Crippen LogP contribution is -2.27. The second kappa shape index (κ2) is 8.64. The molecule has 1 atom stereocenters. The fourth-order valence-corrected chi connectivity index (χ4v) is 3.32. The van der Waals surface area contributed by atoms with Crippen LogP contribution in [-0.2, 0) is 9.59 Å². The number of fused-ring (bicyclic) bond motifs is 3. The summed E-state index contributed by atoms with van der Waals surface area (Å²) in [7, 11) is 0. The maximum Gasteiger partial charge on any atom is 0.243 e. The number of carbonyl (C=O) groups is 2. The fourth-order valence-electron chi connectivity index (χ4n) is 3.32. The highest BCUT2D eigenvalue weighted by Gasteiger charge is 2.17. The topological polar surface area (TPSA) is 107 Å². The largest absolute Gasteiger partial charge is 0.346 e. The normalized spacial score (nSPS) is 12.2. The molecule has 0 fully saturated rings. The molecular formula is C20H24N4O3. The fraction of sp³-hybridized carbons (Fsp3) is 0.350. The minimum Gasteiger partial charge on any atom is -0.346 e. The van der Waals surface area contributed by atoms with Crippen LogP contribution in [0, 0.1) is 0 Å². The monoisotopic (exact) mass is 368 g/mol. The Morgan fingerprint density at radius 3 is 2.74 bits per heavy atom. The van der Waals surface area contributed by atoms with E-state index in [4.69, 9.17) is 10.2 Å².